The molecule has 0 unspecified atom stereocenters. The summed E-state index contributed by atoms with van der Waals surface area (Å²) < 4.78 is 5.07. The molecule has 0 spiro atoms. The summed E-state index contributed by atoms with van der Waals surface area (Å²) in [6, 6.07) is 0. The first-order valence-electron chi connectivity index (χ1n) is 5.99. The fourth-order valence-electron chi connectivity index (χ4n) is 1.36. The van der Waals surface area contributed by atoms with E-state index in [1.165, 1.54) is 51.4 Å². The molecule has 13 heavy (non-hydrogen) atoms. The van der Waals surface area contributed by atoms with Crippen molar-refractivity contribution in [3.8, 4) is 0 Å². The smallest absolute Gasteiger partial charge is 0.0466 e. The maximum Gasteiger partial charge on any atom is 0.0466 e. The summed E-state index contributed by atoms with van der Waals surface area (Å²) in [5.41, 5.74) is 0. The molecular weight excluding hydrogens is 160 g/mol. The van der Waals surface area contributed by atoms with Crippen LogP contribution in [0.1, 0.15) is 65.2 Å². The largest absolute Gasteiger partial charge is 0.381 e. The van der Waals surface area contributed by atoms with Gasteiger partial charge in [0.1, 0.15) is 0 Å². The average Bonchev–Trinajstić information content (AvgIpc) is 2.22. The van der Waals surface area contributed by atoms with Crippen LogP contribution >= 0.6 is 0 Å². The average molecular weight is 186 g/mol. The van der Waals surface area contributed by atoms with Crippen LogP contribution in [-0.4, -0.2) is 13.2 Å². The molecule has 0 atom stereocenters. The third kappa shape index (κ3) is 12.0. The number of rotatable bonds is 4. The third-order valence-electron chi connectivity index (χ3n) is 2.28. The van der Waals surface area contributed by atoms with Crippen LogP contribution in [0.2, 0.25) is 0 Å². The lowest BCUT2D eigenvalue weighted by molar-refractivity contribution is 0.0968. The molecule has 1 heteroatoms. The standard InChI is InChI=1S/C7H16.C5H10O/c1-3-5-7-6-4-2;1-2-4-6-5-3-1/h3-7H2,1-2H3;1-5H2. The number of hydrogen-bond donors (Lipinski definition) is 0. The van der Waals surface area contributed by atoms with Crippen molar-refractivity contribution in [2.24, 2.45) is 0 Å². The van der Waals surface area contributed by atoms with Crippen molar-refractivity contribution in [1.29, 1.82) is 0 Å². The Morgan fingerprint density at radius 2 is 1.31 bits per heavy atom. The summed E-state index contributed by atoms with van der Waals surface area (Å²) in [5, 5.41) is 0. The normalized spacial score (nSPS) is 16.2. The van der Waals surface area contributed by atoms with Crippen molar-refractivity contribution in [2.75, 3.05) is 13.2 Å². The highest BCUT2D eigenvalue weighted by Gasteiger charge is 1.95. The molecular formula is C12H26O. The summed E-state index contributed by atoms with van der Waals surface area (Å²) in [6.07, 6.45) is 10.9. The van der Waals surface area contributed by atoms with Crippen LogP contribution in [0.15, 0.2) is 0 Å². The van der Waals surface area contributed by atoms with E-state index in [4.69, 9.17) is 4.74 Å². The highest BCUT2D eigenvalue weighted by molar-refractivity contribution is 4.45. The van der Waals surface area contributed by atoms with Crippen LogP contribution in [-0.2, 0) is 4.74 Å². The van der Waals surface area contributed by atoms with E-state index in [2.05, 4.69) is 13.8 Å². The predicted molar refractivity (Wildman–Crippen MR) is 59.1 cm³/mol. The van der Waals surface area contributed by atoms with E-state index < -0.39 is 0 Å². The molecule has 0 amide bonds. The Kier molecular flexibility index (Phi) is 11.9. The lowest BCUT2D eigenvalue weighted by atomic mass is 10.2. The zero-order chi connectivity index (χ0) is 9.78. The fourth-order valence-corrected chi connectivity index (χ4v) is 1.36. The molecule has 0 aromatic rings. The van der Waals surface area contributed by atoms with Crippen LogP contribution in [0.4, 0.5) is 0 Å². The highest BCUT2D eigenvalue weighted by atomic mass is 16.5. The van der Waals surface area contributed by atoms with Crippen molar-refractivity contribution in [1.82, 2.24) is 0 Å². The second kappa shape index (κ2) is 12.0. The van der Waals surface area contributed by atoms with Gasteiger partial charge in [0.2, 0.25) is 0 Å². The van der Waals surface area contributed by atoms with Gasteiger partial charge in [-0.1, -0.05) is 46.0 Å². The first-order chi connectivity index (χ1) is 6.41. The molecule has 0 aromatic carbocycles. The van der Waals surface area contributed by atoms with Gasteiger partial charge in [-0.3, -0.25) is 0 Å². The molecule has 1 nitrogen and oxygen atoms in total. The second-order valence-electron chi connectivity index (χ2n) is 3.73. The molecule has 1 rings (SSSR count). The van der Waals surface area contributed by atoms with Gasteiger partial charge in [0, 0.05) is 13.2 Å². The summed E-state index contributed by atoms with van der Waals surface area (Å²) in [4.78, 5) is 0. The molecule has 80 valence electrons. The van der Waals surface area contributed by atoms with E-state index in [1.807, 2.05) is 0 Å². The monoisotopic (exact) mass is 186 g/mol. The lowest BCUT2D eigenvalue weighted by Gasteiger charge is -2.08. The quantitative estimate of drug-likeness (QED) is 0.599. The molecule has 1 saturated heterocycles. The Morgan fingerprint density at radius 1 is 0.769 bits per heavy atom. The molecule has 0 saturated carbocycles. The number of unbranched alkanes of at least 4 members (excludes halogenated alkanes) is 4. The number of hydrogen-bond acceptors (Lipinski definition) is 1. The van der Waals surface area contributed by atoms with Crippen LogP contribution in [0, 0.1) is 0 Å². The summed E-state index contributed by atoms with van der Waals surface area (Å²) in [7, 11) is 0. The fraction of sp³-hybridized carbons (Fsp3) is 1.00. The van der Waals surface area contributed by atoms with Crippen molar-refractivity contribution in [3.05, 3.63) is 0 Å². The molecule has 0 N–H and O–H groups in total. The van der Waals surface area contributed by atoms with Gasteiger partial charge in [-0.2, -0.15) is 0 Å². The Morgan fingerprint density at radius 3 is 1.54 bits per heavy atom. The first kappa shape index (κ1) is 13.0. The van der Waals surface area contributed by atoms with Crippen molar-refractivity contribution >= 4 is 0 Å². The van der Waals surface area contributed by atoms with Gasteiger partial charge in [-0.15, -0.1) is 0 Å². The molecule has 1 aliphatic rings. The third-order valence-corrected chi connectivity index (χ3v) is 2.28. The Hall–Kier alpha value is -0.0400. The van der Waals surface area contributed by atoms with E-state index in [1.54, 1.807) is 0 Å². The summed E-state index contributed by atoms with van der Waals surface area (Å²) >= 11 is 0. The van der Waals surface area contributed by atoms with Crippen molar-refractivity contribution in [2.45, 2.75) is 65.2 Å². The molecule has 1 aliphatic heterocycles. The zero-order valence-electron chi connectivity index (χ0n) is 9.48. The van der Waals surface area contributed by atoms with Crippen LogP contribution in [0.3, 0.4) is 0 Å². The van der Waals surface area contributed by atoms with Gasteiger partial charge in [0.25, 0.3) is 0 Å². The summed E-state index contributed by atoms with van der Waals surface area (Å²) in [6.45, 7) is 6.49. The van der Waals surface area contributed by atoms with E-state index in [9.17, 15) is 0 Å². The number of ether oxygens (including phenoxy) is 1. The molecule has 0 bridgehead atoms. The molecule has 0 aliphatic carbocycles. The van der Waals surface area contributed by atoms with E-state index in [-0.39, 0.29) is 0 Å². The van der Waals surface area contributed by atoms with E-state index in [0.29, 0.717) is 0 Å². The highest BCUT2D eigenvalue weighted by Crippen LogP contribution is 2.02. The lowest BCUT2D eigenvalue weighted by Crippen LogP contribution is -2.03. The molecule has 0 radical (unpaired) electrons. The SMILES string of the molecule is C1CCOCC1.CCCCCCC. The topological polar surface area (TPSA) is 9.23 Å². The Labute approximate surface area is 83.9 Å². The van der Waals surface area contributed by atoms with Crippen LogP contribution < -0.4 is 0 Å². The van der Waals surface area contributed by atoms with Gasteiger partial charge in [0.05, 0.1) is 0 Å². The Balaban J connectivity index is 0.000000223. The first-order valence-corrected chi connectivity index (χ1v) is 5.99. The minimum absolute atomic E-state index is 1.00. The van der Waals surface area contributed by atoms with Gasteiger partial charge in [-0.05, 0) is 19.3 Å². The predicted octanol–water partition coefficient (Wildman–Crippen LogP) is 4.16. The van der Waals surface area contributed by atoms with Gasteiger partial charge in [0.15, 0.2) is 0 Å². The van der Waals surface area contributed by atoms with Crippen LogP contribution in [0.5, 0.6) is 0 Å². The Bertz CT molecular complexity index is 61.7. The maximum atomic E-state index is 5.07. The van der Waals surface area contributed by atoms with E-state index >= 15 is 0 Å². The van der Waals surface area contributed by atoms with Crippen molar-refractivity contribution < 1.29 is 4.74 Å². The molecule has 0 aromatic heterocycles. The molecule has 1 heterocycles. The maximum absolute atomic E-state index is 5.07. The minimum atomic E-state index is 1.00. The van der Waals surface area contributed by atoms with Crippen LogP contribution in [0.25, 0.3) is 0 Å². The minimum Gasteiger partial charge on any atom is -0.381 e. The second-order valence-corrected chi connectivity index (χ2v) is 3.73. The van der Waals surface area contributed by atoms with Gasteiger partial charge < -0.3 is 4.74 Å². The summed E-state index contributed by atoms with van der Waals surface area (Å²) in [5.74, 6) is 0. The zero-order valence-corrected chi connectivity index (χ0v) is 9.48. The van der Waals surface area contributed by atoms with Crippen molar-refractivity contribution in [3.63, 3.8) is 0 Å². The van der Waals surface area contributed by atoms with E-state index in [0.717, 1.165) is 13.2 Å². The van der Waals surface area contributed by atoms with Gasteiger partial charge >= 0.3 is 0 Å². The molecule has 1 fully saturated rings. The van der Waals surface area contributed by atoms with Gasteiger partial charge in [-0.25, -0.2) is 0 Å².